The van der Waals surface area contributed by atoms with Gasteiger partial charge in [-0.05, 0) is 30.4 Å². The van der Waals surface area contributed by atoms with Crippen LogP contribution in [0.3, 0.4) is 0 Å². The van der Waals surface area contributed by atoms with E-state index in [2.05, 4.69) is 5.10 Å². The predicted octanol–water partition coefficient (Wildman–Crippen LogP) is 3.82. The number of likely N-dealkylation sites (N-methyl/N-ethyl adjacent to an activating group) is 1. The first-order valence-corrected chi connectivity index (χ1v) is 10.4. The monoisotopic (exact) mass is 399 g/mol. The smallest absolute Gasteiger partial charge is 0.262 e. The number of carbonyl (C=O) groups is 2. The summed E-state index contributed by atoms with van der Waals surface area (Å²) in [6.07, 6.45) is 3.29. The molecule has 0 unspecified atom stereocenters. The molecule has 5 nitrogen and oxygen atoms in total. The Balaban J connectivity index is 1.57. The molecule has 4 rings (SSSR count). The number of hydrazone groups is 1. The van der Waals surface area contributed by atoms with Crippen molar-refractivity contribution >= 4 is 28.9 Å². The van der Waals surface area contributed by atoms with Crippen LogP contribution in [-0.2, 0) is 9.59 Å². The van der Waals surface area contributed by atoms with E-state index in [0.29, 0.717) is 12.0 Å². The van der Waals surface area contributed by atoms with Gasteiger partial charge < -0.3 is 4.90 Å². The Hall–Kier alpha value is -2.54. The van der Waals surface area contributed by atoms with Gasteiger partial charge in [0.2, 0.25) is 5.91 Å². The first kappa shape index (κ1) is 18.8. The van der Waals surface area contributed by atoms with Crippen molar-refractivity contribution in [2.24, 2.45) is 11.0 Å². The molecule has 0 bridgehead atoms. The molecule has 2 aliphatic rings. The highest BCUT2D eigenvalue weighted by molar-refractivity contribution is 7.12. The van der Waals surface area contributed by atoms with Crippen LogP contribution in [0, 0.1) is 11.7 Å². The van der Waals surface area contributed by atoms with E-state index in [9.17, 15) is 14.0 Å². The quantitative estimate of drug-likeness (QED) is 0.767. The van der Waals surface area contributed by atoms with Crippen molar-refractivity contribution in [3.05, 3.63) is 58.0 Å². The van der Waals surface area contributed by atoms with Gasteiger partial charge in [0.15, 0.2) is 0 Å². The zero-order chi connectivity index (χ0) is 19.7. The van der Waals surface area contributed by atoms with E-state index in [1.807, 2.05) is 17.5 Å². The second-order valence-electron chi connectivity index (χ2n) is 7.33. The second-order valence-corrected chi connectivity index (χ2v) is 8.27. The largest absolute Gasteiger partial charge is 0.336 e. The molecule has 1 aromatic carbocycles. The van der Waals surface area contributed by atoms with Crippen molar-refractivity contribution in [3.8, 4) is 0 Å². The van der Waals surface area contributed by atoms with Gasteiger partial charge >= 0.3 is 0 Å². The van der Waals surface area contributed by atoms with Crippen LogP contribution in [0.5, 0.6) is 0 Å². The van der Waals surface area contributed by atoms with Crippen LogP contribution < -0.4 is 0 Å². The maximum Gasteiger partial charge on any atom is 0.262 e. The molecular weight excluding hydrogens is 377 g/mol. The van der Waals surface area contributed by atoms with Crippen LogP contribution in [0.4, 0.5) is 4.39 Å². The minimum absolute atomic E-state index is 0.00342. The summed E-state index contributed by atoms with van der Waals surface area (Å²) in [5.41, 5.74) is 1.21. The van der Waals surface area contributed by atoms with Gasteiger partial charge in [0.25, 0.3) is 5.91 Å². The number of carbonyl (C=O) groups excluding carboxylic acids is 2. The van der Waals surface area contributed by atoms with E-state index in [0.717, 1.165) is 29.9 Å². The zero-order valence-electron chi connectivity index (χ0n) is 15.7. The molecule has 2 aromatic rings. The van der Waals surface area contributed by atoms with Crippen molar-refractivity contribution in [2.45, 2.75) is 31.7 Å². The van der Waals surface area contributed by atoms with Crippen LogP contribution in [0.2, 0.25) is 0 Å². The van der Waals surface area contributed by atoms with Crippen molar-refractivity contribution in [3.63, 3.8) is 0 Å². The standard InChI is InChI=1S/C21H22FN3O2S/c1-24(21(27)14-6-4-7-14)13-20(26)25-18(15-8-2-3-9-16(15)22)12-17(23-25)19-10-5-11-28-19/h2-3,5,8-11,14,18H,4,6-7,12-13H2,1H3/t18-/m0/s1. The molecule has 7 heteroatoms. The maximum atomic E-state index is 14.4. The van der Waals surface area contributed by atoms with Crippen LogP contribution in [0.1, 0.15) is 42.2 Å². The number of hydrogen-bond acceptors (Lipinski definition) is 4. The highest BCUT2D eigenvalue weighted by atomic mass is 32.1. The average Bonchev–Trinajstić information content (AvgIpc) is 3.30. The third-order valence-electron chi connectivity index (χ3n) is 5.44. The first-order chi connectivity index (χ1) is 13.5. The predicted molar refractivity (Wildman–Crippen MR) is 106 cm³/mol. The fourth-order valence-electron chi connectivity index (χ4n) is 3.64. The van der Waals surface area contributed by atoms with Gasteiger partial charge in [0, 0.05) is 24.9 Å². The molecule has 146 valence electrons. The van der Waals surface area contributed by atoms with E-state index in [4.69, 9.17) is 0 Å². The van der Waals surface area contributed by atoms with Gasteiger partial charge in [-0.2, -0.15) is 5.10 Å². The lowest BCUT2D eigenvalue weighted by molar-refractivity contribution is -0.144. The normalized spacial score (nSPS) is 19.3. The molecule has 0 spiro atoms. The van der Waals surface area contributed by atoms with Gasteiger partial charge in [-0.15, -0.1) is 11.3 Å². The van der Waals surface area contributed by atoms with Gasteiger partial charge in [-0.1, -0.05) is 30.7 Å². The SMILES string of the molecule is CN(CC(=O)N1N=C(c2cccs2)C[C@H]1c1ccccc1F)C(=O)C1CCC1. The molecule has 0 saturated heterocycles. The van der Waals surface area contributed by atoms with E-state index in [-0.39, 0.29) is 30.1 Å². The molecule has 1 aliphatic heterocycles. The molecule has 2 amide bonds. The summed E-state index contributed by atoms with van der Waals surface area (Å²) in [5.74, 6) is -0.616. The highest BCUT2D eigenvalue weighted by Crippen LogP contribution is 2.35. The third kappa shape index (κ3) is 3.58. The number of benzene rings is 1. The summed E-state index contributed by atoms with van der Waals surface area (Å²) in [6.45, 7) is -0.0541. The lowest BCUT2D eigenvalue weighted by Gasteiger charge is -2.30. The number of nitrogens with zero attached hydrogens (tertiary/aromatic N) is 3. The topological polar surface area (TPSA) is 53.0 Å². The molecule has 1 atom stereocenters. The van der Waals surface area contributed by atoms with Gasteiger partial charge in [0.1, 0.15) is 12.4 Å². The Labute approximate surface area is 167 Å². The summed E-state index contributed by atoms with van der Waals surface area (Å²) in [7, 11) is 1.65. The number of thiophene rings is 1. The molecule has 1 saturated carbocycles. The molecule has 28 heavy (non-hydrogen) atoms. The van der Waals surface area contributed by atoms with Crippen LogP contribution in [0.15, 0.2) is 46.9 Å². The zero-order valence-corrected chi connectivity index (χ0v) is 16.5. The third-order valence-corrected chi connectivity index (χ3v) is 6.36. The minimum atomic E-state index is -0.502. The summed E-state index contributed by atoms with van der Waals surface area (Å²) >= 11 is 1.54. The summed E-state index contributed by atoms with van der Waals surface area (Å²) in [5, 5.41) is 7.84. The lowest BCUT2D eigenvalue weighted by atomic mass is 9.84. The summed E-state index contributed by atoms with van der Waals surface area (Å²) in [6, 6.07) is 9.85. The number of amides is 2. The Bertz CT molecular complexity index is 908. The van der Waals surface area contributed by atoms with Crippen molar-refractivity contribution < 1.29 is 14.0 Å². The summed E-state index contributed by atoms with van der Waals surface area (Å²) < 4.78 is 14.4. The Morgan fingerprint density at radius 2 is 2.04 bits per heavy atom. The summed E-state index contributed by atoms with van der Waals surface area (Å²) in [4.78, 5) is 27.8. The van der Waals surface area contributed by atoms with Crippen molar-refractivity contribution in [1.82, 2.24) is 9.91 Å². The lowest BCUT2D eigenvalue weighted by Crippen LogP contribution is -2.43. The number of hydrogen-bond donors (Lipinski definition) is 0. The van der Waals surface area contributed by atoms with Crippen molar-refractivity contribution in [1.29, 1.82) is 0 Å². The minimum Gasteiger partial charge on any atom is -0.336 e. The van der Waals surface area contributed by atoms with E-state index in [1.165, 1.54) is 16.0 Å². The van der Waals surface area contributed by atoms with Gasteiger partial charge in [-0.25, -0.2) is 9.40 Å². The Kier molecular flexibility index (Phi) is 5.26. The molecule has 0 N–H and O–H groups in total. The Morgan fingerprint density at radius 1 is 1.25 bits per heavy atom. The molecule has 1 aliphatic carbocycles. The number of halogens is 1. The molecule has 0 radical (unpaired) electrons. The second kappa shape index (κ2) is 7.83. The fourth-order valence-corrected chi connectivity index (χ4v) is 4.36. The Morgan fingerprint density at radius 3 is 2.68 bits per heavy atom. The first-order valence-electron chi connectivity index (χ1n) is 9.47. The highest BCUT2D eigenvalue weighted by Gasteiger charge is 2.36. The van der Waals surface area contributed by atoms with Crippen LogP contribution in [0.25, 0.3) is 0 Å². The molecular formula is C21H22FN3O2S. The molecule has 1 fully saturated rings. The average molecular weight is 399 g/mol. The van der Waals surface area contributed by atoms with E-state index < -0.39 is 6.04 Å². The molecule has 1 aromatic heterocycles. The molecule has 2 heterocycles. The van der Waals surface area contributed by atoms with E-state index >= 15 is 0 Å². The fraction of sp³-hybridized carbons (Fsp3) is 0.381. The maximum absolute atomic E-state index is 14.4. The van der Waals surface area contributed by atoms with Gasteiger partial charge in [-0.3, -0.25) is 9.59 Å². The van der Waals surface area contributed by atoms with Gasteiger partial charge in [0.05, 0.1) is 16.6 Å². The van der Waals surface area contributed by atoms with E-state index in [1.54, 1.807) is 36.6 Å². The van der Waals surface area contributed by atoms with Crippen LogP contribution >= 0.6 is 11.3 Å². The number of rotatable bonds is 5. The van der Waals surface area contributed by atoms with Crippen LogP contribution in [-0.4, -0.2) is 41.0 Å². The van der Waals surface area contributed by atoms with Crippen molar-refractivity contribution in [2.75, 3.05) is 13.6 Å².